The zero-order valence-corrected chi connectivity index (χ0v) is 20.4. The van der Waals surface area contributed by atoms with E-state index in [2.05, 4.69) is 100 Å². The minimum Gasteiger partial charge on any atom is -1.00 e. The maximum Gasteiger partial charge on any atom is -0.0579 e. The largest absolute Gasteiger partial charge is 1.00 e. The van der Waals surface area contributed by atoms with Crippen LogP contribution in [-0.4, -0.2) is 3.21 Å². The summed E-state index contributed by atoms with van der Waals surface area (Å²) in [7, 11) is 0. The average molecular weight is 477 g/mol. The van der Waals surface area contributed by atoms with Gasteiger partial charge in [0.15, 0.2) is 0 Å². The summed E-state index contributed by atoms with van der Waals surface area (Å²) in [5, 5.41) is 5.42. The Hall–Kier alpha value is -1.01. The molecule has 0 nitrogen and oxygen atoms in total. The third-order valence-electron chi connectivity index (χ3n) is 3.85. The monoisotopic (exact) mass is 474 g/mol. The van der Waals surface area contributed by atoms with Crippen molar-refractivity contribution in [1.82, 2.24) is 0 Å². The van der Waals surface area contributed by atoms with Gasteiger partial charge in [-0.3, -0.25) is 0 Å². The van der Waals surface area contributed by atoms with Crippen LogP contribution in [0.25, 0.3) is 21.5 Å². The van der Waals surface area contributed by atoms with Crippen LogP contribution in [0.3, 0.4) is 0 Å². The topological polar surface area (TPSA) is 0 Å². The first-order valence-electron chi connectivity index (χ1n) is 8.77. The second kappa shape index (κ2) is 13.2. The molecule has 0 saturated heterocycles. The Balaban J connectivity index is 0.000000397. The molecule has 0 atom stereocenters. The van der Waals surface area contributed by atoms with Gasteiger partial charge in [0, 0.05) is 0 Å². The predicted molar refractivity (Wildman–Crippen MR) is 110 cm³/mol. The Kier molecular flexibility index (Phi) is 12.7. The summed E-state index contributed by atoms with van der Waals surface area (Å²) in [6, 6.07) is 25.8. The van der Waals surface area contributed by atoms with Crippen LogP contribution in [0, 0.1) is 6.92 Å². The summed E-state index contributed by atoms with van der Waals surface area (Å²) >= 11 is 1.55. The smallest absolute Gasteiger partial charge is 0.0579 e. The van der Waals surface area contributed by atoms with Crippen molar-refractivity contribution >= 4 is 24.8 Å². The molecule has 0 heterocycles. The van der Waals surface area contributed by atoms with E-state index in [1.54, 1.807) is 24.2 Å². The Morgan fingerprint density at radius 3 is 1.70 bits per heavy atom. The van der Waals surface area contributed by atoms with Gasteiger partial charge in [0.25, 0.3) is 0 Å². The van der Waals surface area contributed by atoms with Crippen LogP contribution in [0.5, 0.6) is 0 Å². The van der Waals surface area contributed by atoms with Crippen molar-refractivity contribution in [2.24, 2.45) is 0 Å². The van der Waals surface area contributed by atoms with Gasteiger partial charge < -0.3 is 24.8 Å². The fourth-order valence-electron chi connectivity index (χ4n) is 2.73. The van der Waals surface area contributed by atoms with Crippen LogP contribution in [0.15, 0.2) is 72.8 Å². The van der Waals surface area contributed by atoms with Crippen molar-refractivity contribution in [3.05, 3.63) is 83.9 Å². The molecule has 0 bridgehead atoms. The molecule has 0 amide bonds. The average Bonchev–Trinajstić information content (AvgIpc) is 3.16. The quantitative estimate of drug-likeness (QED) is 0.356. The molecule has 4 aromatic rings. The normalized spacial score (nSPS) is 9.26. The molecular weight excluding hydrogens is 450 g/mol. The van der Waals surface area contributed by atoms with Gasteiger partial charge in [-0.05, 0) is 6.42 Å². The van der Waals surface area contributed by atoms with E-state index >= 15 is 0 Å². The van der Waals surface area contributed by atoms with E-state index < -0.39 is 0 Å². The van der Waals surface area contributed by atoms with Gasteiger partial charge in [0.05, 0.1) is 0 Å². The van der Waals surface area contributed by atoms with E-state index in [9.17, 15) is 0 Å². The summed E-state index contributed by atoms with van der Waals surface area (Å²) in [5.41, 5.74) is 2.78. The molecule has 0 radical (unpaired) electrons. The summed E-state index contributed by atoms with van der Waals surface area (Å²) in [5.74, 6) is 0. The predicted octanol–water partition coefficient (Wildman–Crippen LogP) is 0.742. The van der Waals surface area contributed by atoms with E-state index in [1.165, 1.54) is 35.9 Å². The fourth-order valence-corrected chi connectivity index (χ4v) is 2.73. The molecular formula is C24H26Cl2Zr-2. The molecule has 0 aliphatic heterocycles. The Bertz CT molecular complexity index is 877. The number of benzene rings is 2. The van der Waals surface area contributed by atoms with Crippen LogP contribution >= 0.6 is 0 Å². The summed E-state index contributed by atoms with van der Waals surface area (Å²) in [6.45, 7) is 8.56. The standard InChI is InChI=1S/C11H11.C10H9.C3H6.2ClH.Zr/c1-2-9-7-10-5-3-4-6-11(10)8-9;1-8-6-9-4-2-3-5-10(9)7-8;1-3-2;;;/h3-8H,2H2,1H3;2-7H,1H3;1-2H3;2*1H;/q2*-1;;;;+2/p-2. The molecule has 0 aromatic heterocycles. The second-order valence-electron chi connectivity index (χ2n) is 6.51. The molecule has 0 fully saturated rings. The molecule has 27 heavy (non-hydrogen) atoms. The molecule has 142 valence electrons. The fraction of sp³-hybridized carbons (Fsp3) is 0.208. The number of fused-ring (bicyclic) bond motifs is 2. The van der Waals surface area contributed by atoms with E-state index in [1.807, 2.05) is 0 Å². The molecule has 0 spiro atoms. The number of aryl methyl sites for hydroxylation is 2. The number of hydrogen-bond donors (Lipinski definition) is 0. The molecule has 0 saturated carbocycles. The third-order valence-corrected chi connectivity index (χ3v) is 3.85. The van der Waals surface area contributed by atoms with Crippen LogP contribution < -0.4 is 24.8 Å². The molecule has 0 aliphatic rings. The van der Waals surface area contributed by atoms with Crippen molar-refractivity contribution < 1.29 is 49.0 Å². The van der Waals surface area contributed by atoms with Gasteiger partial charge in [-0.1, -0.05) is 26.0 Å². The molecule has 4 rings (SSSR count). The summed E-state index contributed by atoms with van der Waals surface area (Å²) < 4.78 is 1.51. The summed E-state index contributed by atoms with van der Waals surface area (Å²) in [6.07, 6.45) is 1.13. The van der Waals surface area contributed by atoms with Gasteiger partial charge in [-0.25, -0.2) is 0 Å². The number of halogens is 2. The van der Waals surface area contributed by atoms with Gasteiger partial charge >= 0.3 is 41.3 Å². The molecule has 0 aliphatic carbocycles. The van der Waals surface area contributed by atoms with Gasteiger partial charge in [-0.2, -0.15) is 12.1 Å². The zero-order chi connectivity index (χ0) is 18.2. The maximum atomic E-state index is 2.26. The van der Waals surface area contributed by atoms with Crippen molar-refractivity contribution in [1.29, 1.82) is 0 Å². The van der Waals surface area contributed by atoms with Gasteiger partial charge in [0.1, 0.15) is 0 Å². The Labute approximate surface area is 190 Å². The van der Waals surface area contributed by atoms with Crippen LogP contribution in [0.1, 0.15) is 31.9 Å². The Morgan fingerprint density at radius 1 is 0.815 bits per heavy atom. The minimum absolute atomic E-state index is 0. The van der Waals surface area contributed by atoms with E-state index in [-0.39, 0.29) is 24.8 Å². The van der Waals surface area contributed by atoms with E-state index in [0.29, 0.717) is 0 Å². The van der Waals surface area contributed by atoms with Crippen LogP contribution in [0.4, 0.5) is 0 Å². The zero-order valence-electron chi connectivity index (χ0n) is 16.4. The van der Waals surface area contributed by atoms with Crippen molar-refractivity contribution in [2.45, 2.75) is 34.1 Å². The number of rotatable bonds is 1. The first-order valence-corrected chi connectivity index (χ1v) is 10.0. The molecule has 0 N–H and O–H groups in total. The maximum absolute atomic E-state index is 2.26. The van der Waals surface area contributed by atoms with E-state index in [4.69, 9.17) is 0 Å². The third kappa shape index (κ3) is 8.69. The summed E-state index contributed by atoms with van der Waals surface area (Å²) in [4.78, 5) is 0. The second-order valence-corrected chi connectivity index (χ2v) is 8.97. The van der Waals surface area contributed by atoms with Crippen molar-refractivity contribution in [3.63, 3.8) is 0 Å². The van der Waals surface area contributed by atoms with Crippen LogP contribution in [-0.2, 0) is 30.7 Å². The Morgan fingerprint density at radius 2 is 1.26 bits per heavy atom. The first kappa shape index (κ1) is 26.0. The van der Waals surface area contributed by atoms with Crippen molar-refractivity contribution in [3.8, 4) is 0 Å². The molecule has 3 heteroatoms. The SMILES string of the molecule is CCc1cc2ccccc2[cH-]1.C[C](C)=[Zr+2].Cc1cc2ccccc2[cH-]1.[Cl-].[Cl-]. The van der Waals surface area contributed by atoms with Gasteiger partial charge in [0.2, 0.25) is 0 Å². The first-order chi connectivity index (χ1) is 12.0. The van der Waals surface area contributed by atoms with E-state index in [0.717, 1.165) is 6.42 Å². The van der Waals surface area contributed by atoms with Crippen LogP contribution in [0.2, 0.25) is 0 Å². The molecule has 0 unspecified atom stereocenters. The van der Waals surface area contributed by atoms with Gasteiger partial charge in [-0.15, -0.1) is 81.2 Å². The minimum atomic E-state index is 0. The number of hydrogen-bond acceptors (Lipinski definition) is 0. The molecule has 4 aromatic carbocycles. The van der Waals surface area contributed by atoms with Crippen molar-refractivity contribution in [2.75, 3.05) is 0 Å².